The highest BCUT2D eigenvalue weighted by molar-refractivity contribution is 6.01. The smallest absolute Gasteiger partial charge is 0.338 e. The van der Waals surface area contributed by atoms with Crippen molar-refractivity contribution in [2.45, 2.75) is 0 Å². The van der Waals surface area contributed by atoms with Crippen molar-refractivity contribution in [1.29, 1.82) is 0 Å². The summed E-state index contributed by atoms with van der Waals surface area (Å²) in [7, 11) is 1.18. The molecule has 2 rings (SSSR count). The van der Waals surface area contributed by atoms with Crippen LogP contribution in [0, 0.1) is 10.1 Å². The lowest BCUT2D eigenvalue weighted by atomic mass is 10.00. The molecule has 1 aromatic carbocycles. The van der Waals surface area contributed by atoms with Gasteiger partial charge < -0.3 is 15.0 Å². The Hall–Kier alpha value is -2.90. The third-order valence-corrected chi connectivity index (χ3v) is 2.51. The molecule has 0 radical (unpaired) electrons. The van der Waals surface area contributed by atoms with Crippen molar-refractivity contribution in [3.8, 4) is 11.1 Å². The highest BCUT2D eigenvalue weighted by Crippen LogP contribution is 2.36. The number of methoxy groups -OCH3 is 1. The minimum atomic E-state index is -0.709. The molecular weight excluding hydrogens is 254 g/mol. The topological polar surface area (TPSA) is 121 Å². The van der Waals surface area contributed by atoms with Gasteiger partial charge >= 0.3 is 5.97 Å². The van der Waals surface area contributed by atoms with E-state index in [4.69, 9.17) is 5.73 Å². The standard InChI is InChI=1S/C11H9N3O5/c1-18-11(15)6-3-2-4-8(14(16)17)9(6)7-5-13-19-10(7)12/h2-5H,12H2,1H3. The van der Waals surface area contributed by atoms with E-state index in [9.17, 15) is 14.9 Å². The summed E-state index contributed by atoms with van der Waals surface area (Å²) in [6.07, 6.45) is 1.21. The van der Waals surface area contributed by atoms with Gasteiger partial charge in [-0.3, -0.25) is 10.1 Å². The summed E-state index contributed by atoms with van der Waals surface area (Å²) in [5.41, 5.74) is 5.49. The normalized spacial score (nSPS) is 10.2. The molecule has 0 saturated carbocycles. The summed E-state index contributed by atoms with van der Waals surface area (Å²) in [5, 5.41) is 14.5. The number of nitrogens with two attached hydrogens (primary N) is 1. The van der Waals surface area contributed by atoms with Crippen molar-refractivity contribution in [2.75, 3.05) is 12.8 Å². The number of carbonyl (C=O) groups excluding carboxylic acids is 1. The zero-order chi connectivity index (χ0) is 14.0. The summed E-state index contributed by atoms with van der Waals surface area (Å²) in [6.45, 7) is 0. The van der Waals surface area contributed by atoms with Crippen LogP contribution in [0.1, 0.15) is 10.4 Å². The number of esters is 1. The second kappa shape index (κ2) is 4.77. The van der Waals surface area contributed by atoms with Crippen LogP contribution >= 0.6 is 0 Å². The van der Waals surface area contributed by atoms with Crippen molar-refractivity contribution in [1.82, 2.24) is 5.16 Å². The zero-order valence-electron chi connectivity index (χ0n) is 9.82. The monoisotopic (exact) mass is 263 g/mol. The molecule has 0 amide bonds. The molecule has 1 heterocycles. The van der Waals surface area contributed by atoms with E-state index in [0.717, 1.165) is 0 Å². The van der Waals surface area contributed by atoms with Gasteiger partial charge in [0.25, 0.3) is 5.69 Å². The first-order valence-electron chi connectivity index (χ1n) is 5.12. The Kier molecular flexibility index (Phi) is 3.15. The van der Waals surface area contributed by atoms with Crippen LogP contribution < -0.4 is 5.73 Å². The van der Waals surface area contributed by atoms with Gasteiger partial charge in [-0.15, -0.1) is 0 Å². The molecule has 2 aromatic rings. The number of nitro groups is 1. The molecule has 0 saturated heterocycles. The number of rotatable bonds is 3. The quantitative estimate of drug-likeness (QED) is 0.507. The predicted molar refractivity (Wildman–Crippen MR) is 64.3 cm³/mol. The maximum atomic E-state index is 11.7. The largest absolute Gasteiger partial charge is 0.465 e. The van der Waals surface area contributed by atoms with E-state index < -0.39 is 10.9 Å². The summed E-state index contributed by atoms with van der Waals surface area (Å²) in [4.78, 5) is 22.1. The van der Waals surface area contributed by atoms with E-state index in [1.165, 1.54) is 31.5 Å². The predicted octanol–water partition coefficient (Wildman–Crippen LogP) is 1.62. The fraction of sp³-hybridized carbons (Fsp3) is 0.0909. The van der Waals surface area contributed by atoms with Crippen molar-refractivity contribution in [3.05, 3.63) is 40.1 Å². The van der Waals surface area contributed by atoms with E-state index in [0.29, 0.717) is 0 Å². The van der Waals surface area contributed by atoms with Gasteiger partial charge in [-0.25, -0.2) is 4.79 Å². The Morgan fingerprint density at radius 1 is 1.53 bits per heavy atom. The molecule has 8 heteroatoms. The van der Waals surface area contributed by atoms with Gasteiger partial charge in [-0.2, -0.15) is 0 Å². The summed E-state index contributed by atoms with van der Waals surface area (Å²) < 4.78 is 9.27. The minimum Gasteiger partial charge on any atom is -0.465 e. The van der Waals surface area contributed by atoms with Gasteiger partial charge in [0.15, 0.2) is 0 Å². The Morgan fingerprint density at radius 2 is 2.26 bits per heavy atom. The number of hydrogen-bond acceptors (Lipinski definition) is 7. The summed E-state index contributed by atoms with van der Waals surface area (Å²) in [6, 6.07) is 4.05. The molecule has 1 aromatic heterocycles. The van der Waals surface area contributed by atoms with E-state index in [2.05, 4.69) is 14.4 Å². The van der Waals surface area contributed by atoms with E-state index in [-0.39, 0.29) is 28.3 Å². The molecule has 0 atom stereocenters. The molecule has 0 fully saturated rings. The number of anilines is 1. The number of nitrogens with zero attached hydrogens (tertiary/aromatic N) is 2. The van der Waals surface area contributed by atoms with Crippen LogP contribution in [0.2, 0.25) is 0 Å². The Labute approximate surface area is 106 Å². The molecular formula is C11H9N3O5. The second-order valence-electron chi connectivity index (χ2n) is 3.55. The van der Waals surface area contributed by atoms with Gasteiger partial charge in [-0.05, 0) is 6.07 Å². The maximum Gasteiger partial charge on any atom is 0.338 e. The van der Waals surface area contributed by atoms with Crippen LogP contribution in [-0.2, 0) is 4.74 Å². The van der Waals surface area contributed by atoms with Crippen molar-refractivity contribution in [3.63, 3.8) is 0 Å². The van der Waals surface area contributed by atoms with Crippen molar-refractivity contribution in [2.24, 2.45) is 0 Å². The number of carbonyl (C=O) groups is 1. The summed E-state index contributed by atoms with van der Waals surface area (Å²) >= 11 is 0. The molecule has 0 unspecified atom stereocenters. The van der Waals surface area contributed by atoms with Crippen LogP contribution in [0.4, 0.5) is 11.6 Å². The van der Waals surface area contributed by atoms with Gasteiger partial charge in [0, 0.05) is 6.07 Å². The number of ether oxygens (including phenoxy) is 1. The first-order valence-corrected chi connectivity index (χ1v) is 5.12. The third-order valence-electron chi connectivity index (χ3n) is 2.51. The molecule has 0 aliphatic rings. The number of aromatic nitrogens is 1. The van der Waals surface area contributed by atoms with Crippen molar-refractivity contribution < 1.29 is 19.0 Å². The van der Waals surface area contributed by atoms with Gasteiger partial charge in [-0.1, -0.05) is 11.2 Å². The van der Waals surface area contributed by atoms with Gasteiger partial charge in [0.05, 0.1) is 34.9 Å². The molecule has 0 aliphatic heterocycles. The van der Waals surface area contributed by atoms with Gasteiger partial charge in [0.2, 0.25) is 5.88 Å². The average Bonchev–Trinajstić information content (AvgIpc) is 2.82. The zero-order valence-corrected chi connectivity index (χ0v) is 9.82. The van der Waals surface area contributed by atoms with Crippen LogP contribution in [0.3, 0.4) is 0 Å². The highest BCUT2D eigenvalue weighted by Gasteiger charge is 2.26. The number of benzene rings is 1. The SMILES string of the molecule is COC(=O)c1cccc([N+](=O)[O-])c1-c1cnoc1N. The van der Waals surface area contributed by atoms with Crippen LogP contribution in [-0.4, -0.2) is 23.2 Å². The van der Waals surface area contributed by atoms with Crippen LogP contribution in [0.5, 0.6) is 0 Å². The number of hydrogen-bond donors (Lipinski definition) is 1. The molecule has 98 valence electrons. The first-order chi connectivity index (χ1) is 9.06. The Morgan fingerprint density at radius 3 is 2.79 bits per heavy atom. The van der Waals surface area contributed by atoms with E-state index in [1.54, 1.807) is 0 Å². The average molecular weight is 263 g/mol. The lowest BCUT2D eigenvalue weighted by Crippen LogP contribution is -2.06. The summed E-state index contributed by atoms with van der Waals surface area (Å²) in [5.74, 6) is -0.821. The van der Waals surface area contributed by atoms with E-state index >= 15 is 0 Å². The molecule has 0 aliphatic carbocycles. The fourth-order valence-corrected chi connectivity index (χ4v) is 1.69. The Balaban J connectivity index is 2.77. The minimum absolute atomic E-state index is 0.0200. The Bertz CT molecular complexity index is 650. The molecule has 0 spiro atoms. The second-order valence-corrected chi connectivity index (χ2v) is 3.55. The third kappa shape index (κ3) is 2.10. The van der Waals surface area contributed by atoms with Crippen LogP contribution in [0.25, 0.3) is 11.1 Å². The van der Waals surface area contributed by atoms with Crippen molar-refractivity contribution >= 4 is 17.5 Å². The molecule has 8 nitrogen and oxygen atoms in total. The lowest BCUT2D eigenvalue weighted by Gasteiger charge is -2.06. The maximum absolute atomic E-state index is 11.7. The van der Waals surface area contributed by atoms with Gasteiger partial charge in [0.1, 0.15) is 0 Å². The highest BCUT2D eigenvalue weighted by atomic mass is 16.6. The molecule has 0 bridgehead atoms. The first kappa shape index (κ1) is 12.6. The van der Waals surface area contributed by atoms with E-state index in [1.807, 2.05) is 0 Å². The number of nitro benzene ring substituents is 1. The lowest BCUT2D eigenvalue weighted by molar-refractivity contribution is -0.384. The number of nitrogen functional groups attached to an aromatic ring is 1. The fourth-order valence-electron chi connectivity index (χ4n) is 1.69. The molecule has 19 heavy (non-hydrogen) atoms. The van der Waals surface area contributed by atoms with Crippen LogP contribution in [0.15, 0.2) is 28.9 Å². The molecule has 2 N–H and O–H groups in total.